The Morgan fingerprint density at radius 3 is 1.85 bits per heavy atom. The van der Waals surface area contributed by atoms with Crippen LogP contribution in [0, 0.1) is 0 Å². The van der Waals surface area contributed by atoms with E-state index in [1.165, 1.54) is 0 Å². The van der Waals surface area contributed by atoms with E-state index >= 15 is 0 Å². The van der Waals surface area contributed by atoms with Gasteiger partial charge in [-0.15, -0.1) is 0 Å². The van der Waals surface area contributed by atoms with Crippen molar-refractivity contribution in [2.24, 2.45) is 0 Å². The fourth-order valence-corrected chi connectivity index (χ4v) is 3.00. The van der Waals surface area contributed by atoms with Crippen molar-refractivity contribution in [2.75, 3.05) is 0 Å². The summed E-state index contributed by atoms with van der Waals surface area (Å²) in [5, 5.41) is 0.706. The summed E-state index contributed by atoms with van der Waals surface area (Å²) in [5.41, 5.74) is 4.90. The smallest absolute Gasteiger partial charge is 0.138 e. The number of aromatic nitrogens is 2. The van der Waals surface area contributed by atoms with Gasteiger partial charge in [0.1, 0.15) is 5.82 Å². The molecule has 1 N–H and O–H groups in total. The van der Waals surface area contributed by atoms with Gasteiger partial charge in [0.25, 0.3) is 0 Å². The molecule has 0 aliphatic heterocycles. The quantitative estimate of drug-likeness (QED) is 0.415. The average Bonchev–Trinajstić information content (AvgIpc) is 3.16. The Labute approximate surface area is 159 Å². The summed E-state index contributed by atoms with van der Waals surface area (Å²) in [6.45, 7) is 4.00. The van der Waals surface area contributed by atoms with E-state index in [0.717, 1.165) is 33.9 Å². The second-order valence-corrected chi connectivity index (χ2v) is 5.93. The third-order valence-electron chi connectivity index (χ3n) is 3.94. The lowest BCUT2D eigenvalue weighted by Crippen LogP contribution is -1.84. The van der Waals surface area contributed by atoms with E-state index in [1.54, 1.807) is 0 Å². The van der Waals surface area contributed by atoms with Crippen LogP contribution in [0.5, 0.6) is 0 Å². The van der Waals surface area contributed by atoms with Crippen LogP contribution in [-0.4, -0.2) is 9.97 Å². The predicted molar refractivity (Wildman–Crippen MR) is 111 cm³/mol. The van der Waals surface area contributed by atoms with Gasteiger partial charge in [0, 0.05) is 21.7 Å². The Morgan fingerprint density at radius 1 is 0.692 bits per heavy atom. The maximum absolute atomic E-state index is 6.43. The van der Waals surface area contributed by atoms with Crippen LogP contribution in [0.3, 0.4) is 0 Å². The molecule has 1 heterocycles. The largest absolute Gasteiger partial charge is 0.337 e. The average molecular weight is 361 g/mol. The van der Waals surface area contributed by atoms with Crippen LogP contribution in [0.4, 0.5) is 0 Å². The van der Waals surface area contributed by atoms with Gasteiger partial charge in [-0.05, 0) is 6.07 Å². The minimum absolute atomic E-state index is 0.706. The van der Waals surface area contributed by atoms with Crippen molar-refractivity contribution in [3.63, 3.8) is 0 Å². The van der Waals surface area contributed by atoms with E-state index in [9.17, 15) is 0 Å². The lowest BCUT2D eigenvalue weighted by molar-refractivity contribution is 1.31. The molecule has 0 aliphatic carbocycles. The topological polar surface area (TPSA) is 28.7 Å². The van der Waals surface area contributed by atoms with Crippen molar-refractivity contribution >= 4 is 11.6 Å². The van der Waals surface area contributed by atoms with Gasteiger partial charge < -0.3 is 4.98 Å². The minimum atomic E-state index is 0.706. The summed E-state index contributed by atoms with van der Waals surface area (Å²) >= 11 is 6.43. The van der Waals surface area contributed by atoms with E-state index in [2.05, 4.69) is 17.1 Å². The number of benzene rings is 3. The molecule has 26 heavy (non-hydrogen) atoms. The second-order valence-electron chi connectivity index (χ2n) is 5.52. The molecule has 0 spiro atoms. The Hall–Kier alpha value is -2.84. The summed E-state index contributed by atoms with van der Waals surface area (Å²) in [7, 11) is 0. The van der Waals surface area contributed by atoms with Crippen molar-refractivity contribution in [1.29, 1.82) is 0 Å². The number of aromatic amines is 1. The van der Waals surface area contributed by atoms with Gasteiger partial charge in [-0.3, -0.25) is 0 Å². The highest BCUT2D eigenvalue weighted by molar-refractivity contribution is 6.33. The molecule has 0 saturated carbocycles. The van der Waals surface area contributed by atoms with Crippen molar-refractivity contribution < 1.29 is 0 Å². The Balaban J connectivity index is 0.000000948. The molecule has 1 aromatic heterocycles. The fourth-order valence-electron chi connectivity index (χ4n) is 2.77. The molecular formula is C23H21ClN2. The van der Waals surface area contributed by atoms with Gasteiger partial charge in [0.2, 0.25) is 0 Å². The highest BCUT2D eigenvalue weighted by Crippen LogP contribution is 2.36. The zero-order valence-electron chi connectivity index (χ0n) is 14.9. The third-order valence-corrected chi connectivity index (χ3v) is 4.27. The first-order valence-corrected chi connectivity index (χ1v) is 9.16. The molecule has 4 rings (SSSR count). The molecule has 130 valence electrons. The number of nitrogens with zero attached hydrogens (tertiary/aromatic N) is 1. The van der Waals surface area contributed by atoms with Crippen LogP contribution in [0.15, 0.2) is 84.9 Å². The fraction of sp³-hybridized carbons (Fsp3) is 0.0870. The first-order valence-electron chi connectivity index (χ1n) is 8.78. The molecule has 0 fully saturated rings. The van der Waals surface area contributed by atoms with Gasteiger partial charge >= 0.3 is 0 Å². The Bertz CT molecular complexity index is 960. The number of halogens is 1. The van der Waals surface area contributed by atoms with E-state index in [4.69, 9.17) is 16.6 Å². The predicted octanol–water partition coefficient (Wildman–Crippen LogP) is 7.09. The standard InChI is InChI=1S/C21H15ClN2.C2H6/c22-18-14-8-7-13-17(18)20-19(15-9-3-1-4-10-15)23-21(24-20)16-11-5-2-6-12-16;1-2/h1-14H,(H,23,24);1-2H3. The summed E-state index contributed by atoms with van der Waals surface area (Å²) in [6.07, 6.45) is 0. The summed E-state index contributed by atoms with van der Waals surface area (Å²) in [4.78, 5) is 8.31. The number of hydrogen-bond donors (Lipinski definition) is 1. The van der Waals surface area contributed by atoms with Gasteiger partial charge in [0.15, 0.2) is 0 Å². The number of imidazole rings is 1. The molecule has 3 aromatic carbocycles. The lowest BCUT2D eigenvalue weighted by atomic mass is 10.1. The number of nitrogens with one attached hydrogen (secondary N) is 1. The van der Waals surface area contributed by atoms with Crippen molar-refractivity contribution in [1.82, 2.24) is 9.97 Å². The van der Waals surface area contributed by atoms with Crippen LogP contribution in [0.1, 0.15) is 13.8 Å². The zero-order chi connectivity index (χ0) is 18.4. The Morgan fingerprint density at radius 2 is 1.23 bits per heavy atom. The molecule has 0 bridgehead atoms. The molecule has 0 radical (unpaired) electrons. The number of rotatable bonds is 3. The first-order chi connectivity index (χ1) is 12.8. The van der Waals surface area contributed by atoms with Crippen molar-refractivity contribution in [3.05, 3.63) is 90.0 Å². The molecule has 0 unspecified atom stereocenters. The molecule has 0 saturated heterocycles. The summed E-state index contributed by atoms with van der Waals surface area (Å²) in [5.74, 6) is 0.837. The van der Waals surface area contributed by atoms with Gasteiger partial charge in [-0.2, -0.15) is 0 Å². The van der Waals surface area contributed by atoms with E-state index in [1.807, 2.05) is 86.6 Å². The molecule has 0 atom stereocenters. The molecule has 4 aromatic rings. The van der Waals surface area contributed by atoms with E-state index in [0.29, 0.717) is 5.02 Å². The summed E-state index contributed by atoms with van der Waals surface area (Å²) < 4.78 is 0. The minimum Gasteiger partial charge on any atom is -0.337 e. The van der Waals surface area contributed by atoms with Crippen molar-refractivity contribution in [2.45, 2.75) is 13.8 Å². The monoisotopic (exact) mass is 360 g/mol. The normalized spacial score (nSPS) is 10.1. The molecular weight excluding hydrogens is 340 g/mol. The second kappa shape index (κ2) is 8.50. The molecule has 0 aliphatic rings. The first kappa shape index (κ1) is 18.0. The maximum Gasteiger partial charge on any atom is 0.138 e. The SMILES string of the molecule is CC.Clc1ccccc1-c1[nH]c(-c2ccccc2)nc1-c1ccccc1. The summed E-state index contributed by atoms with van der Waals surface area (Å²) in [6, 6.07) is 28.1. The van der Waals surface area contributed by atoms with Crippen LogP contribution in [0.25, 0.3) is 33.9 Å². The maximum atomic E-state index is 6.43. The highest BCUT2D eigenvalue weighted by atomic mass is 35.5. The Kier molecular flexibility index (Phi) is 5.88. The third kappa shape index (κ3) is 3.71. The van der Waals surface area contributed by atoms with E-state index in [-0.39, 0.29) is 0 Å². The van der Waals surface area contributed by atoms with Gasteiger partial charge in [-0.1, -0.05) is 104 Å². The highest BCUT2D eigenvalue weighted by Gasteiger charge is 2.16. The van der Waals surface area contributed by atoms with Crippen LogP contribution in [0.2, 0.25) is 5.02 Å². The van der Waals surface area contributed by atoms with Crippen LogP contribution < -0.4 is 0 Å². The lowest BCUT2D eigenvalue weighted by Gasteiger charge is -2.05. The molecule has 0 amide bonds. The van der Waals surface area contributed by atoms with Gasteiger partial charge in [-0.25, -0.2) is 4.98 Å². The molecule has 2 nitrogen and oxygen atoms in total. The van der Waals surface area contributed by atoms with Crippen LogP contribution >= 0.6 is 11.6 Å². The number of hydrogen-bond acceptors (Lipinski definition) is 1. The van der Waals surface area contributed by atoms with Gasteiger partial charge in [0.05, 0.1) is 11.4 Å². The molecule has 3 heteroatoms. The van der Waals surface area contributed by atoms with Crippen molar-refractivity contribution in [3.8, 4) is 33.9 Å². The van der Waals surface area contributed by atoms with Crippen LogP contribution in [-0.2, 0) is 0 Å². The zero-order valence-corrected chi connectivity index (χ0v) is 15.7. The number of H-pyrrole nitrogens is 1. The van der Waals surface area contributed by atoms with E-state index < -0.39 is 0 Å².